The first-order valence-corrected chi connectivity index (χ1v) is 12.6. The molecule has 9 heteroatoms. The Kier molecular flexibility index (Phi) is 6.86. The first kappa shape index (κ1) is 21.8. The Labute approximate surface area is 186 Å². The molecule has 0 unspecified atom stereocenters. The molecule has 1 saturated heterocycles. The third-order valence-corrected chi connectivity index (χ3v) is 7.94. The predicted octanol–water partition coefficient (Wildman–Crippen LogP) is 3.15. The minimum Gasteiger partial charge on any atom is -0.379 e. The van der Waals surface area contributed by atoms with Crippen LogP contribution in [0.4, 0.5) is 5.69 Å². The molecule has 1 aliphatic heterocycles. The van der Waals surface area contributed by atoms with Gasteiger partial charge in [-0.15, -0.1) is 11.3 Å². The average Bonchev–Trinajstić information content (AvgIpc) is 3.33. The van der Waals surface area contributed by atoms with Gasteiger partial charge < -0.3 is 10.1 Å². The number of fused-ring (bicyclic) bond motifs is 1. The molecule has 0 radical (unpaired) electrons. The van der Waals surface area contributed by atoms with Crippen LogP contribution in [-0.4, -0.2) is 58.6 Å². The Morgan fingerprint density at radius 1 is 1.06 bits per heavy atom. The molecule has 0 atom stereocenters. The number of benzene rings is 2. The molecule has 2 aromatic carbocycles. The van der Waals surface area contributed by atoms with E-state index in [2.05, 4.69) is 14.9 Å². The number of nitrogens with zero attached hydrogens (tertiary/aromatic N) is 1. The highest BCUT2D eigenvalue weighted by atomic mass is 32.2. The molecule has 4 rings (SSSR count). The molecule has 7 nitrogen and oxygen atoms in total. The summed E-state index contributed by atoms with van der Waals surface area (Å²) < 4.78 is 33.7. The standard InChI is InChI=1S/C22H25N3O4S2/c26-22(23-8-4-9-25-10-12-29-13-11-25)19-15-17-5-1-2-6-18(17)16-20(19)24-31(27,28)21-7-3-14-30-21/h1-3,5-7,14-16,24H,4,8-13H2,(H,23,26). The van der Waals surface area contributed by atoms with Crippen molar-refractivity contribution >= 4 is 43.7 Å². The van der Waals surface area contributed by atoms with Crippen molar-refractivity contribution in [2.75, 3.05) is 44.1 Å². The molecular weight excluding hydrogens is 434 g/mol. The second-order valence-corrected chi connectivity index (χ2v) is 10.2. The summed E-state index contributed by atoms with van der Waals surface area (Å²) in [5.41, 5.74) is 0.586. The van der Waals surface area contributed by atoms with E-state index in [1.165, 1.54) is 0 Å². The second-order valence-electron chi connectivity index (χ2n) is 7.35. The lowest BCUT2D eigenvalue weighted by Gasteiger charge is -2.26. The van der Waals surface area contributed by atoms with Crippen LogP contribution in [0, 0.1) is 0 Å². The number of sulfonamides is 1. The van der Waals surface area contributed by atoms with Crippen LogP contribution in [0.15, 0.2) is 58.1 Å². The van der Waals surface area contributed by atoms with Crippen molar-refractivity contribution in [1.82, 2.24) is 10.2 Å². The van der Waals surface area contributed by atoms with Crippen LogP contribution in [0.5, 0.6) is 0 Å². The smallest absolute Gasteiger partial charge is 0.271 e. The van der Waals surface area contributed by atoms with Gasteiger partial charge in [-0.25, -0.2) is 8.42 Å². The fourth-order valence-corrected chi connectivity index (χ4v) is 5.61. The summed E-state index contributed by atoms with van der Waals surface area (Å²) in [6.45, 7) is 4.72. The van der Waals surface area contributed by atoms with Crippen LogP contribution >= 0.6 is 11.3 Å². The summed E-state index contributed by atoms with van der Waals surface area (Å²) >= 11 is 1.13. The number of carbonyl (C=O) groups excluding carboxylic acids is 1. The van der Waals surface area contributed by atoms with Crippen LogP contribution in [0.1, 0.15) is 16.8 Å². The highest BCUT2D eigenvalue weighted by Gasteiger charge is 2.20. The molecular formula is C22H25N3O4S2. The Morgan fingerprint density at radius 2 is 1.81 bits per heavy atom. The quantitative estimate of drug-likeness (QED) is 0.505. The molecule has 0 aliphatic carbocycles. The molecule has 2 heterocycles. The zero-order valence-electron chi connectivity index (χ0n) is 17.0. The fourth-order valence-electron chi connectivity index (χ4n) is 3.55. The highest BCUT2D eigenvalue weighted by Crippen LogP contribution is 2.27. The van der Waals surface area contributed by atoms with Gasteiger partial charge in [0.2, 0.25) is 0 Å². The zero-order valence-corrected chi connectivity index (χ0v) is 18.7. The lowest BCUT2D eigenvalue weighted by Crippen LogP contribution is -2.38. The second kappa shape index (κ2) is 9.78. The number of anilines is 1. The molecule has 164 valence electrons. The summed E-state index contributed by atoms with van der Waals surface area (Å²) in [7, 11) is -3.76. The van der Waals surface area contributed by atoms with E-state index in [4.69, 9.17) is 4.74 Å². The van der Waals surface area contributed by atoms with Gasteiger partial charge in [-0.05, 0) is 47.3 Å². The Balaban J connectivity index is 1.51. The van der Waals surface area contributed by atoms with Crippen molar-refractivity contribution in [3.05, 3.63) is 59.5 Å². The van der Waals surface area contributed by atoms with Gasteiger partial charge in [0.1, 0.15) is 4.21 Å². The summed E-state index contributed by atoms with van der Waals surface area (Å²) in [6.07, 6.45) is 0.815. The van der Waals surface area contributed by atoms with E-state index in [9.17, 15) is 13.2 Å². The zero-order chi connectivity index (χ0) is 21.7. The number of thiophene rings is 1. The highest BCUT2D eigenvalue weighted by molar-refractivity contribution is 7.94. The minimum absolute atomic E-state index is 0.206. The van der Waals surface area contributed by atoms with Crippen molar-refractivity contribution in [3.63, 3.8) is 0 Å². The van der Waals surface area contributed by atoms with Crippen molar-refractivity contribution in [2.24, 2.45) is 0 Å². The third-order valence-electron chi connectivity index (χ3n) is 5.18. The first-order chi connectivity index (χ1) is 15.0. The van der Waals surface area contributed by atoms with Gasteiger partial charge in [0.15, 0.2) is 0 Å². The SMILES string of the molecule is O=C(NCCCN1CCOCC1)c1cc2ccccc2cc1NS(=O)(=O)c1cccs1. The van der Waals surface area contributed by atoms with Crippen molar-refractivity contribution in [1.29, 1.82) is 0 Å². The average molecular weight is 460 g/mol. The number of ether oxygens (including phenoxy) is 1. The maximum absolute atomic E-state index is 13.0. The Morgan fingerprint density at radius 3 is 2.52 bits per heavy atom. The topological polar surface area (TPSA) is 87.7 Å². The maximum Gasteiger partial charge on any atom is 0.271 e. The van der Waals surface area contributed by atoms with Gasteiger partial charge >= 0.3 is 0 Å². The van der Waals surface area contributed by atoms with Gasteiger partial charge in [0.05, 0.1) is 24.5 Å². The lowest BCUT2D eigenvalue weighted by atomic mass is 10.0. The molecule has 3 aromatic rings. The van der Waals surface area contributed by atoms with E-state index in [1.807, 2.05) is 24.3 Å². The Bertz CT molecular complexity index is 1140. The summed E-state index contributed by atoms with van der Waals surface area (Å²) in [4.78, 5) is 15.3. The molecule has 31 heavy (non-hydrogen) atoms. The monoisotopic (exact) mass is 459 g/mol. The number of hydrogen-bond acceptors (Lipinski definition) is 6. The van der Waals surface area contributed by atoms with Gasteiger partial charge in [-0.1, -0.05) is 30.3 Å². The predicted molar refractivity (Wildman–Crippen MR) is 123 cm³/mol. The molecule has 1 aliphatic rings. The molecule has 2 N–H and O–H groups in total. The van der Waals surface area contributed by atoms with Crippen molar-refractivity contribution in [2.45, 2.75) is 10.6 Å². The van der Waals surface area contributed by atoms with Crippen LogP contribution in [0.3, 0.4) is 0 Å². The number of carbonyl (C=O) groups is 1. The molecule has 1 aromatic heterocycles. The molecule has 1 amide bonds. The van der Waals surface area contributed by atoms with E-state index in [1.54, 1.807) is 29.6 Å². The van der Waals surface area contributed by atoms with Crippen LogP contribution in [0.2, 0.25) is 0 Å². The number of rotatable bonds is 8. The Hall–Kier alpha value is -2.46. The van der Waals surface area contributed by atoms with E-state index in [0.29, 0.717) is 12.1 Å². The van der Waals surface area contributed by atoms with Crippen LogP contribution in [-0.2, 0) is 14.8 Å². The largest absolute Gasteiger partial charge is 0.379 e. The molecule has 0 bridgehead atoms. The third kappa shape index (κ3) is 5.43. The lowest BCUT2D eigenvalue weighted by molar-refractivity contribution is 0.0374. The van der Waals surface area contributed by atoms with E-state index in [0.717, 1.165) is 61.4 Å². The molecule has 0 spiro atoms. The van der Waals surface area contributed by atoms with Gasteiger partial charge in [-0.2, -0.15) is 0 Å². The maximum atomic E-state index is 13.0. The summed E-state index contributed by atoms with van der Waals surface area (Å²) in [6, 6.07) is 14.2. The number of morpholine rings is 1. The molecule has 0 saturated carbocycles. The van der Waals surface area contributed by atoms with E-state index < -0.39 is 10.0 Å². The van der Waals surface area contributed by atoms with Crippen molar-refractivity contribution in [3.8, 4) is 0 Å². The van der Waals surface area contributed by atoms with Crippen molar-refractivity contribution < 1.29 is 17.9 Å². The first-order valence-electron chi connectivity index (χ1n) is 10.2. The van der Waals surface area contributed by atoms with Gasteiger partial charge in [0, 0.05) is 19.6 Å². The van der Waals surface area contributed by atoms with E-state index >= 15 is 0 Å². The van der Waals surface area contributed by atoms with Crippen LogP contribution in [0.25, 0.3) is 10.8 Å². The van der Waals surface area contributed by atoms with Crippen LogP contribution < -0.4 is 10.0 Å². The molecule has 1 fully saturated rings. The number of nitrogens with one attached hydrogen (secondary N) is 2. The van der Waals surface area contributed by atoms with E-state index in [-0.39, 0.29) is 15.8 Å². The summed E-state index contributed by atoms with van der Waals surface area (Å²) in [5, 5.41) is 6.37. The summed E-state index contributed by atoms with van der Waals surface area (Å²) in [5.74, 6) is -0.295. The van der Waals surface area contributed by atoms with Gasteiger partial charge in [0.25, 0.3) is 15.9 Å². The normalized spacial score (nSPS) is 15.1. The van der Waals surface area contributed by atoms with Gasteiger partial charge in [-0.3, -0.25) is 14.4 Å². The minimum atomic E-state index is -3.76. The number of hydrogen-bond donors (Lipinski definition) is 2. The number of amides is 1. The fraction of sp³-hybridized carbons (Fsp3) is 0.318.